The number of carbonyl (C=O) groups is 2. The Balaban J connectivity index is 1.92. The molecule has 1 aliphatic rings. The van der Waals surface area contributed by atoms with Crippen molar-refractivity contribution in [1.82, 2.24) is 4.90 Å². The molecule has 8 heteroatoms. The van der Waals surface area contributed by atoms with Crippen LogP contribution in [0.4, 0.5) is 0 Å². The highest BCUT2D eigenvalue weighted by molar-refractivity contribution is 6.46. The highest BCUT2D eigenvalue weighted by Gasteiger charge is 2.46. The second-order valence-electron chi connectivity index (χ2n) is 10.6. The van der Waals surface area contributed by atoms with E-state index >= 15 is 0 Å². The molecule has 1 heterocycles. The van der Waals surface area contributed by atoms with Gasteiger partial charge in [0.05, 0.1) is 45.6 Å². The minimum atomic E-state index is -0.883. The van der Waals surface area contributed by atoms with Crippen LogP contribution in [0.1, 0.15) is 49.1 Å². The number of nitrogens with zero attached hydrogens (tertiary/aromatic N) is 1. The largest absolute Gasteiger partial charge is 0.507 e. The molecular formula is C32H35NO7. The van der Waals surface area contributed by atoms with Gasteiger partial charge in [0.15, 0.2) is 11.5 Å². The molecule has 0 radical (unpaired) electrons. The van der Waals surface area contributed by atoms with Crippen LogP contribution in [0, 0.1) is 0 Å². The number of ketones is 1. The van der Waals surface area contributed by atoms with Gasteiger partial charge in [-0.15, -0.1) is 0 Å². The molecular weight excluding hydrogens is 510 g/mol. The summed E-state index contributed by atoms with van der Waals surface area (Å²) >= 11 is 0. The number of rotatable bonds is 8. The third kappa shape index (κ3) is 5.34. The Morgan fingerprint density at radius 3 is 2.12 bits per heavy atom. The van der Waals surface area contributed by atoms with Gasteiger partial charge in [-0.05, 0) is 58.5 Å². The normalized spacial score (nSPS) is 16.7. The Bertz CT molecular complexity index is 1470. The van der Waals surface area contributed by atoms with Crippen LogP contribution in [0.5, 0.6) is 23.0 Å². The number of ether oxygens (including phenoxy) is 4. The SMILES string of the molecule is COc1cccc(C2/C(=C(\O)c3cc(C(C)(C)C)ccc3OC)C(=O)C(=O)N2Cc2ccc(OC)c(OC)c2)c1. The van der Waals surface area contributed by atoms with Crippen LogP contribution in [0.15, 0.2) is 66.2 Å². The van der Waals surface area contributed by atoms with Gasteiger partial charge in [0, 0.05) is 6.54 Å². The van der Waals surface area contributed by atoms with Crippen molar-refractivity contribution in [2.24, 2.45) is 0 Å². The van der Waals surface area contributed by atoms with Crippen molar-refractivity contribution >= 4 is 17.4 Å². The summed E-state index contributed by atoms with van der Waals surface area (Å²) in [5.74, 6) is 0.178. The van der Waals surface area contributed by atoms with Crippen molar-refractivity contribution in [3.05, 3.63) is 88.5 Å². The highest BCUT2D eigenvalue weighted by Crippen LogP contribution is 2.43. The molecule has 1 unspecified atom stereocenters. The molecule has 1 N–H and O–H groups in total. The number of carbonyl (C=O) groups excluding carboxylic acids is 2. The van der Waals surface area contributed by atoms with Crippen molar-refractivity contribution in [3.8, 4) is 23.0 Å². The number of benzene rings is 3. The first-order chi connectivity index (χ1) is 19.0. The summed E-state index contributed by atoms with van der Waals surface area (Å²) in [6.07, 6.45) is 0. The fourth-order valence-electron chi connectivity index (χ4n) is 4.88. The fourth-order valence-corrected chi connectivity index (χ4v) is 4.88. The second kappa shape index (κ2) is 11.3. The predicted molar refractivity (Wildman–Crippen MR) is 152 cm³/mol. The first-order valence-electron chi connectivity index (χ1n) is 12.9. The lowest BCUT2D eigenvalue weighted by atomic mass is 9.85. The van der Waals surface area contributed by atoms with E-state index in [0.29, 0.717) is 34.1 Å². The van der Waals surface area contributed by atoms with Gasteiger partial charge in [-0.2, -0.15) is 0 Å². The van der Waals surface area contributed by atoms with Crippen LogP contribution in [-0.2, 0) is 21.5 Å². The summed E-state index contributed by atoms with van der Waals surface area (Å²) in [5, 5.41) is 11.7. The molecule has 1 amide bonds. The Morgan fingerprint density at radius 2 is 1.50 bits per heavy atom. The van der Waals surface area contributed by atoms with E-state index in [0.717, 1.165) is 11.1 Å². The summed E-state index contributed by atoms with van der Waals surface area (Å²) in [4.78, 5) is 28.7. The number of amides is 1. The molecule has 3 aromatic rings. The van der Waals surface area contributed by atoms with Gasteiger partial charge in [0.2, 0.25) is 0 Å². The lowest BCUT2D eigenvalue weighted by Gasteiger charge is -2.26. The number of hydrogen-bond donors (Lipinski definition) is 1. The Labute approximate surface area is 234 Å². The van der Waals surface area contributed by atoms with Crippen LogP contribution >= 0.6 is 0 Å². The Morgan fingerprint density at radius 1 is 0.825 bits per heavy atom. The number of hydrogen-bond acceptors (Lipinski definition) is 7. The molecule has 0 bridgehead atoms. The van der Waals surface area contributed by atoms with Crippen LogP contribution in [0.2, 0.25) is 0 Å². The van der Waals surface area contributed by atoms with Crippen LogP contribution in [0.25, 0.3) is 5.76 Å². The maximum Gasteiger partial charge on any atom is 0.295 e. The molecule has 0 aliphatic carbocycles. The number of Topliss-reactive ketones (excluding diaryl/α,β-unsaturated/α-hetero) is 1. The molecule has 4 rings (SSSR count). The van der Waals surface area contributed by atoms with E-state index in [1.807, 2.05) is 6.07 Å². The highest BCUT2D eigenvalue weighted by atomic mass is 16.5. The van der Waals surface area contributed by atoms with E-state index in [-0.39, 0.29) is 23.3 Å². The average molecular weight is 546 g/mol. The molecule has 1 atom stereocenters. The summed E-state index contributed by atoms with van der Waals surface area (Å²) < 4.78 is 21.8. The predicted octanol–water partition coefficient (Wildman–Crippen LogP) is 5.64. The molecule has 0 aromatic heterocycles. The number of methoxy groups -OCH3 is 4. The molecule has 1 fully saturated rings. The third-order valence-corrected chi connectivity index (χ3v) is 7.07. The van der Waals surface area contributed by atoms with Gasteiger partial charge in [0.1, 0.15) is 17.3 Å². The van der Waals surface area contributed by atoms with Gasteiger partial charge < -0.3 is 29.0 Å². The summed E-state index contributed by atoms with van der Waals surface area (Å²) in [5.41, 5.74) is 2.36. The van der Waals surface area contributed by atoms with Crippen molar-refractivity contribution in [2.75, 3.05) is 28.4 Å². The number of aliphatic hydroxyl groups excluding tert-OH is 1. The maximum absolute atomic E-state index is 13.6. The van der Waals surface area contributed by atoms with E-state index < -0.39 is 17.7 Å². The van der Waals surface area contributed by atoms with Crippen molar-refractivity contribution < 1.29 is 33.6 Å². The summed E-state index contributed by atoms with van der Waals surface area (Å²) in [6.45, 7) is 6.24. The van der Waals surface area contributed by atoms with Gasteiger partial charge in [-0.1, -0.05) is 45.0 Å². The van der Waals surface area contributed by atoms with Crippen LogP contribution < -0.4 is 18.9 Å². The van der Waals surface area contributed by atoms with Gasteiger partial charge in [-0.3, -0.25) is 9.59 Å². The standard InChI is InChI=1S/C32H35NO7/c1-32(2,3)21-12-14-24(38-5)23(17-21)29(34)27-28(20-9-8-10-22(16-20)37-4)33(31(36)30(27)35)18-19-11-13-25(39-6)26(15-19)40-7/h8-17,28,34H,18H2,1-7H3/b29-27+. The van der Waals surface area contributed by atoms with Crippen LogP contribution in [0.3, 0.4) is 0 Å². The zero-order valence-electron chi connectivity index (χ0n) is 23.9. The van der Waals surface area contributed by atoms with Crippen molar-refractivity contribution in [2.45, 2.75) is 38.8 Å². The van der Waals surface area contributed by atoms with Gasteiger partial charge >= 0.3 is 0 Å². The van der Waals surface area contributed by atoms with E-state index in [1.165, 1.54) is 19.1 Å². The minimum absolute atomic E-state index is 0.0249. The van der Waals surface area contributed by atoms with E-state index in [2.05, 4.69) is 20.8 Å². The summed E-state index contributed by atoms with van der Waals surface area (Å²) in [7, 11) is 6.12. The molecule has 1 saturated heterocycles. The molecule has 210 valence electrons. The number of likely N-dealkylation sites (tertiary alicyclic amines) is 1. The molecule has 0 saturated carbocycles. The van der Waals surface area contributed by atoms with Crippen molar-refractivity contribution in [3.63, 3.8) is 0 Å². The zero-order valence-corrected chi connectivity index (χ0v) is 23.9. The smallest absolute Gasteiger partial charge is 0.295 e. The summed E-state index contributed by atoms with van der Waals surface area (Å²) in [6, 6.07) is 17.0. The first-order valence-corrected chi connectivity index (χ1v) is 12.9. The van der Waals surface area contributed by atoms with E-state index in [1.54, 1.807) is 68.8 Å². The molecule has 3 aromatic carbocycles. The molecule has 40 heavy (non-hydrogen) atoms. The van der Waals surface area contributed by atoms with E-state index in [4.69, 9.17) is 18.9 Å². The molecule has 1 aliphatic heterocycles. The molecule has 0 spiro atoms. The lowest BCUT2D eigenvalue weighted by Crippen LogP contribution is -2.29. The minimum Gasteiger partial charge on any atom is -0.507 e. The Hall–Kier alpha value is -4.46. The van der Waals surface area contributed by atoms with E-state index in [9.17, 15) is 14.7 Å². The number of aliphatic hydroxyl groups is 1. The monoisotopic (exact) mass is 545 g/mol. The average Bonchev–Trinajstić information content (AvgIpc) is 3.20. The zero-order chi connectivity index (χ0) is 29.2. The fraction of sp³-hybridized carbons (Fsp3) is 0.312. The van der Waals surface area contributed by atoms with Crippen molar-refractivity contribution in [1.29, 1.82) is 0 Å². The second-order valence-corrected chi connectivity index (χ2v) is 10.6. The third-order valence-electron chi connectivity index (χ3n) is 7.07. The van der Waals surface area contributed by atoms with Gasteiger partial charge in [0.25, 0.3) is 11.7 Å². The first kappa shape index (κ1) is 28.5. The maximum atomic E-state index is 13.6. The van der Waals surface area contributed by atoms with Crippen LogP contribution in [-0.4, -0.2) is 50.1 Å². The lowest BCUT2D eigenvalue weighted by molar-refractivity contribution is -0.140. The Kier molecular flexibility index (Phi) is 8.09. The van der Waals surface area contributed by atoms with Gasteiger partial charge in [-0.25, -0.2) is 0 Å². The molecule has 8 nitrogen and oxygen atoms in total. The topological polar surface area (TPSA) is 94.5 Å². The quantitative estimate of drug-likeness (QED) is 0.222.